The number of hydrogen-bond acceptors (Lipinski definition) is 7. The number of carbonyl (C=O) groups excluding carboxylic acids is 1. The smallest absolute Gasteiger partial charge is 0.407 e. The van der Waals surface area contributed by atoms with E-state index < -0.39 is 23.3 Å². The van der Waals surface area contributed by atoms with Crippen LogP contribution in [0, 0.1) is 11.6 Å². The van der Waals surface area contributed by atoms with Crippen molar-refractivity contribution in [2.24, 2.45) is 0 Å². The summed E-state index contributed by atoms with van der Waals surface area (Å²) in [6.07, 6.45) is 2.27. The van der Waals surface area contributed by atoms with E-state index in [9.17, 15) is 13.6 Å². The second-order valence-electron chi connectivity index (χ2n) is 9.92. The largest absolute Gasteiger partial charge is 0.454 e. The molecule has 0 atom stereocenters. The second-order valence-corrected chi connectivity index (χ2v) is 9.92. The average Bonchev–Trinajstić information content (AvgIpc) is 3.18. The number of alkyl carbamates (subject to hydrolysis) is 1. The lowest BCUT2D eigenvalue weighted by Gasteiger charge is -2.36. The Hall–Kier alpha value is -4.28. The topological polar surface area (TPSA) is 117 Å². The Labute approximate surface area is 211 Å². The van der Waals surface area contributed by atoms with Gasteiger partial charge in [-0.3, -0.25) is 0 Å². The Morgan fingerprint density at radius 2 is 1.84 bits per heavy atom. The molecule has 5 rings (SSSR count). The highest BCUT2D eigenvalue weighted by molar-refractivity contribution is 5.98. The maximum atomic E-state index is 14.0. The number of benzene rings is 2. The van der Waals surface area contributed by atoms with Gasteiger partial charge in [-0.1, -0.05) is 0 Å². The van der Waals surface area contributed by atoms with Crippen LogP contribution >= 0.6 is 0 Å². The van der Waals surface area contributed by atoms with Gasteiger partial charge in [0.15, 0.2) is 17.2 Å². The van der Waals surface area contributed by atoms with Gasteiger partial charge in [0, 0.05) is 17.7 Å². The Balaban J connectivity index is 1.36. The van der Waals surface area contributed by atoms with E-state index in [-0.39, 0.29) is 17.8 Å². The minimum Gasteiger partial charge on any atom is -0.454 e. The number of ether oxygens (including phenoxy) is 2. The van der Waals surface area contributed by atoms with Crippen LogP contribution in [0.5, 0.6) is 11.5 Å². The fourth-order valence-electron chi connectivity index (χ4n) is 4.20. The van der Waals surface area contributed by atoms with Gasteiger partial charge in [0.25, 0.3) is 0 Å². The Kier molecular flexibility index (Phi) is 6.14. The molecule has 0 spiro atoms. The van der Waals surface area contributed by atoms with Gasteiger partial charge in [-0.15, -0.1) is 0 Å². The Bertz CT molecular complexity index is 1460. The molecule has 192 valence electrons. The summed E-state index contributed by atoms with van der Waals surface area (Å²) in [6, 6.07) is 9.95. The molecule has 0 radical (unpaired) electrons. The normalized spacial score (nSPS) is 17.3. The van der Waals surface area contributed by atoms with Crippen LogP contribution in [0.4, 0.5) is 19.4 Å². The van der Waals surface area contributed by atoms with E-state index >= 15 is 0 Å². The van der Waals surface area contributed by atoms with Gasteiger partial charge in [-0.2, -0.15) is 5.10 Å². The standard InChI is InChI=1S/C26H26F2N6O3/c1-26(2,3)37-25(35)32-16-11-17(12-16)34-24-21(23(29)30-13-31-24)22(33-34)14-4-7-18(8-5-14)36-20-9-6-15(27)10-19(20)28/h4-10,13,16-17H,11-12H2,1-3H3,(H,32,35)(H2,29,30,31)/t16-,17+. The van der Waals surface area contributed by atoms with Crippen LogP contribution in [0.2, 0.25) is 0 Å². The van der Waals surface area contributed by atoms with Crippen LogP contribution in [0.3, 0.4) is 0 Å². The van der Waals surface area contributed by atoms with Crippen LogP contribution < -0.4 is 15.8 Å². The van der Waals surface area contributed by atoms with Gasteiger partial charge in [-0.05, 0) is 70.0 Å². The number of anilines is 1. The molecule has 4 aromatic rings. The number of fused-ring (bicyclic) bond motifs is 1. The minimum absolute atomic E-state index is 0.00884. The lowest BCUT2D eigenvalue weighted by molar-refractivity contribution is 0.0454. The number of rotatable bonds is 5. The van der Waals surface area contributed by atoms with Crippen molar-refractivity contribution in [3.05, 3.63) is 60.4 Å². The van der Waals surface area contributed by atoms with Crippen molar-refractivity contribution >= 4 is 22.9 Å². The van der Waals surface area contributed by atoms with Gasteiger partial charge in [0.1, 0.15) is 35.0 Å². The highest BCUT2D eigenvalue weighted by atomic mass is 19.1. The molecule has 1 aliphatic rings. The van der Waals surface area contributed by atoms with E-state index in [1.807, 2.05) is 25.5 Å². The highest BCUT2D eigenvalue weighted by Crippen LogP contribution is 2.38. The van der Waals surface area contributed by atoms with Crippen LogP contribution in [-0.4, -0.2) is 37.5 Å². The molecule has 0 unspecified atom stereocenters. The Morgan fingerprint density at radius 1 is 1.11 bits per heavy atom. The summed E-state index contributed by atoms with van der Waals surface area (Å²) in [7, 11) is 0. The monoisotopic (exact) mass is 508 g/mol. The molecule has 2 aromatic heterocycles. The summed E-state index contributed by atoms with van der Waals surface area (Å²) in [5.74, 6) is -0.888. The molecule has 1 saturated carbocycles. The minimum atomic E-state index is -0.793. The molecule has 1 fully saturated rings. The number of hydrogen-bond donors (Lipinski definition) is 2. The summed E-state index contributed by atoms with van der Waals surface area (Å²) in [5, 5.41) is 8.30. The first-order valence-corrected chi connectivity index (χ1v) is 11.8. The molecular formula is C26H26F2N6O3. The van der Waals surface area contributed by atoms with E-state index in [2.05, 4.69) is 15.3 Å². The van der Waals surface area contributed by atoms with Crippen molar-refractivity contribution in [1.82, 2.24) is 25.1 Å². The quantitative estimate of drug-likeness (QED) is 0.372. The summed E-state index contributed by atoms with van der Waals surface area (Å²) < 4.78 is 39.8. The maximum Gasteiger partial charge on any atom is 0.407 e. The molecule has 2 heterocycles. The van der Waals surface area contributed by atoms with Crippen molar-refractivity contribution in [2.45, 2.75) is 51.3 Å². The van der Waals surface area contributed by atoms with E-state index in [0.29, 0.717) is 41.1 Å². The third kappa shape index (κ3) is 5.16. The van der Waals surface area contributed by atoms with Crippen molar-refractivity contribution < 1.29 is 23.0 Å². The summed E-state index contributed by atoms with van der Waals surface area (Å²) in [6.45, 7) is 5.45. The van der Waals surface area contributed by atoms with Crippen LogP contribution in [-0.2, 0) is 4.74 Å². The molecule has 1 amide bonds. The third-order valence-electron chi connectivity index (χ3n) is 5.95. The summed E-state index contributed by atoms with van der Waals surface area (Å²) in [4.78, 5) is 20.6. The van der Waals surface area contributed by atoms with Gasteiger partial charge < -0.3 is 20.5 Å². The van der Waals surface area contributed by atoms with Crippen LogP contribution in [0.25, 0.3) is 22.3 Å². The van der Waals surface area contributed by atoms with E-state index in [4.69, 9.17) is 20.3 Å². The van der Waals surface area contributed by atoms with Crippen molar-refractivity contribution in [1.29, 1.82) is 0 Å². The highest BCUT2D eigenvalue weighted by Gasteiger charge is 2.35. The zero-order valence-corrected chi connectivity index (χ0v) is 20.5. The fourth-order valence-corrected chi connectivity index (χ4v) is 4.20. The van der Waals surface area contributed by atoms with Gasteiger partial charge in [-0.25, -0.2) is 28.2 Å². The molecular weight excluding hydrogens is 482 g/mol. The van der Waals surface area contributed by atoms with E-state index in [0.717, 1.165) is 17.7 Å². The fraction of sp³-hybridized carbons (Fsp3) is 0.308. The first kappa shape index (κ1) is 24.4. The third-order valence-corrected chi connectivity index (χ3v) is 5.95. The summed E-state index contributed by atoms with van der Waals surface area (Å²) >= 11 is 0. The molecule has 9 nitrogen and oxygen atoms in total. The number of nitrogens with zero attached hydrogens (tertiary/aromatic N) is 4. The molecule has 11 heteroatoms. The molecule has 1 aliphatic carbocycles. The van der Waals surface area contributed by atoms with E-state index in [1.165, 1.54) is 12.4 Å². The SMILES string of the molecule is CC(C)(C)OC(=O)N[C@H]1C[C@@H](n2nc(-c3ccc(Oc4ccc(F)cc4F)cc3)c3c(N)ncnc32)C1. The molecule has 0 aliphatic heterocycles. The molecule has 2 aromatic carbocycles. The predicted octanol–water partition coefficient (Wildman–Crippen LogP) is 5.37. The van der Waals surface area contributed by atoms with Crippen LogP contribution in [0.15, 0.2) is 48.8 Å². The molecule has 3 N–H and O–H groups in total. The van der Waals surface area contributed by atoms with Gasteiger partial charge >= 0.3 is 6.09 Å². The number of nitrogens with two attached hydrogens (primary N) is 1. The first-order valence-electron chi connectivity index (χ1n) is 11.8. The van der Waals surface area contributed by atoms with E-state index in [1.54, 1.807) is 24.3 Å². The zero-order chi connectivity index (χ0) is 26.3. The number of nitrogens with one attached hydrogen (secondary N) is 1. The summed E-state index contributed by atoms with van der Waals surface area (Å²) in [5.41, 5.74) is 7.56. The first-order chi connectivity index (χ1) is 17.6. The van der Waals surface area contributed by atoms with Crippen molar-refractivity contribution in [2.75, 3.05) is 5.73 Å². The molecule has 37 heavy (non-hydrogen) atoms. The second kappa shape index (κ2) is 9.30. The van der Waals surface area contributed by atoms with Crippen LogP contribution in [0.1, 0.15) is 39.7 Å². The van der Waals surface area contributed by atoms with Crippen molar-refractivity contribution in [3.8, 4) is 22.8 Å². The number of amides is 1. The zero-order valence-electron chi connectivity index (χ0n) is 20.5. The molecule has 0 bridgehead atoms. The van der Waals surface area contributed by atoms with Gasteiger partial charge in [0.05, 0.1) is 11.4 Å². The number of carbonyl (C=O) groups is 1. The van der Waals surface area contributed by atoms with Crippen molar-refractivity contribution in [3.63, 3.8) is 0 Å². The lowest BCUT2D eigenvalue weighted by atomic mass is 9.87. The molecule has 0 saturated heterocycles. The number of halogens is 2. The maximum absolute atomic E-state index is 14.0. The Morgan fingerprint density at radius 3 is 2.51 bits per heavy atom. The number of nitrogen functional groups attached to an aromatic ring is 1. The number of aromatic nitrogens is 4. The van der Waals surface area contributed by atoms with Gasteiger partial charge in [0.2, 0.25) is 0 Å². The lowest BCUT2D eigenvalue weighted by Crippen LogP contribution is -2.46. The average molecular weight is 509 g/mol. The predicted molar refractivity (Wildman–Crippen MR) is 133 cm³/mol.